The minimum Gasteiger partial charge on any atom is -0.436 e. The molecule has 174 valence electrons. The number of para-hydroxylation sites is 2. The number of carbonyl (C=O) groups is 2. The van der Waals surface area contributed by atoms with E-state index >= 15 is 0 Å². The summed E-state index contributed by atoms with van der Waals surface area (Å²) in [6.45, 7) is 0.816. The minimum absolute atomic E-state index is 0.0800. The monoisotopic (exact) mass is 460 g/mol. The average molecular weight is 460 g/mol. The Hall–Kier alpha value is -4.38. The summed E-state index contributed by atoms with van der Waals surface area (Å²) in [5.74, 6) is 0.368. The lowest BCUT2D eigenvalue weighted by Crippen LogP contribution is -2.58. The molecule has 2 aliphatic rings. The van der Waals surface area contributed by atoms with Gasteiger partial charge in [-0.1, -0.05) is 18.2 Å². The molecule has 3 heterocycles. The molecule has 0 aliphatic carbocycles. The van der Waals surface area contributed by atoms with Crippen LogP contribution >= 0.6 is 0 Å². The van der Waals surface area contributed by atoms with Gasteiger partial charge in [0.05, 0.1) is 5.54 Å². The number of hydrogen-bond acceptors (Lipinski definition) is 8. The molecule has 0 atom stereocenters. The molecular weight excluding hydrogens is 436 g/mol. The van der Waals surface area contributed by atoms with Gasteiger partial charge in [0, 0.05) is 24.3 Å². The highest BCUT2D eigenvalue weighted by Gasteiger charge is 2.39. The molecule has 2 saturated heterocycles. The van der Waals surface area contributed by atoms with Gasteiger partial charge in [-0.3, -0.25) is 15.5 Å². The number of benzene rings is 2. The Morgan fingerprint density at radius 2 is 1.91 bits per heavy atom. The maximum Gasteiger partial charge on any atom is 0.325 e. The van der Waals surface area contributed by atoms with Crippen LogP contribution in [0.25, 0.3) is 22.6 Å². The molecule has 5 rings (SSSR count). The number of nitrogens with zero attached hydrogens (tertiary/aromatic N) is 2. The summed E-state index contributed by atoms with van der Waals surface area (Å²) >= 11 is 0. The largest absolute Gasteiger partial charge is 0.436 e. The SMILES string of the molecule is N=C1NC(=O)N/C1=C(/N)N1CCC(N)(C(=O)Nc2cccc(-c3nc4ccccc4o3)c2)CC1. The van der Waals surface area contributed by atoms with E-state index in [1.165, 1.54) is 0 Å². The molecule has 1 aromatic heterocycles. The number of likely N-dealkylation sites (tertiary alicyclic amines) is 1. The highest BCUT2D eigenvalue weighted by molar-refractivity contribution is 6.13. The summed E-state index contributed by atoms with van der Waals surface area (Å²) in [6.07, 6.45) is 0.707. The second-order valence-corrected chi connectivity index (χ2v) is 8.38. The third kappa shape index (κ3) is 3.92. The lowest BCUT2D eigenvalue weighted by Gasteiger charge is -2.39. The van der Waals surface area contributed by atoms with Crippen molar-refractivity contribution < 1.29 is 14.0 Å². The zero-order chi connectivity index (χ0) is 23.9. The van der Waals surface area contributed by atoms with Gasteiger partial charge in [0.25, 0.3) is 0 Å². The van der Waals surface area contributed by atoms with Gasteiger partial charge < -0.3 is 31.4 Å². The summed E-state index contributed by atoms with van der Waals surface area (Å²) < 4.78 is 5.82. The van der Waals surface area contributed by atoms with E-state index < -0.39 is 11.6 Å². The fourth-order valence-electron chi connectivity index (χ4n) is 4.09. The first kappa shape index (κ1) is 21.5. The Bertz CT molecular complexity index is 1300. The van der Waals surface area contributed by atoms with Crippen molar-refractivity contribution in [2.75, 3.05) is 18.4 Å². The van der Waals surface area contributed by atoms with E-state index in [0.717, 1.165) is 11.1 Å². The van der Waals surface area contributed by atoms with Gasteiger partial charge in [-0.25, -0.2) is 9.78 Å². The van der Waals surface area contributed by atoms with Crippen LogP contribution in [0, 0.1) is 5.41 Å². The van der Waals surface area contributed by atoms with Crippen LogP contribution in [0.2, 0.25) is 0 Å². The summed E-state index contributed by atoms with van der Waals surface area (Å²) in [6, 6.07) is 14.3. The van der Waals surface area contributed by atoms with Crippen molar-refractivity contribution in [1.29, 1.82) is 5.41 Å². The summed E-state index contributed by atoms with van der Waals surface area (Å²) in [7, 11) is 0. The summed E-state index contributed by atoms with van der Waals surface area (Å²) in [5.41, 5.74) is 14.5. The molecule has 3 aromatic rings. The van der Waals surface area contributed by atoms with E-state index in [4.69, 9.17) is 21.3 Å². The number of amides is 3. The van der Waals surface area contributed by atoms with E-state index in [9.17, 15) is 9.59 Å². The highest BCUT2D eigenvalue weighted by atomic mass is 16.3. The molecule has 3 amide bonds. The number of aromatic nitrogens is 1. The number of oxazole rings is 1. The molecule has 34 heavy (non-hydrogen) atoms. The number of carbonyl (C=O) groups excluding carboxylic acids is 2. The lowest BCUT2D eigenvalue weighted by atomic mass is 9.87. The van der Waals surface area contributed by atoms with Gasteiger partial charge in [-0.05, 0) is 43.2 Å². The number of rotatable bonds is 4. The van der Waals surface area contributed by atoms with Gasteiger partial charge in [-0.15, -0.1) is 0 Å². The number of nitrogens with one attached hydrogen (secondary N) is 4. The maximum atomic E-state index is 13.1. The molecule has 8 N–H and O–H groups in total. The minimum atomic E-state index is -1.08. The second kappa shape index (κ2) is 8.19. The first-order valence-electron chi connectivity index (χ1n) is 10.8. The van der Waals surface area contributed by atoms with Crippen molar-refractivity contribution in [3.8, 4) is 11.5 Å². The summed E-state index contributed by atoms with van der Waals surface area (Å²) in [4.78, 5) is 30.8. The predicted molar refractivity (Wildman–Crippen MR) is 126 cm³/mol. The number of urea groups is 1. The summed E-state index contributed by atoms with van der Waals surface area (Å²) in [5, 5.41) is 15.6. The van der Waals surface area contributed by atoms with Gasteiger partial charge in [0.15, 0.2) is 11.4 Å². The van der Waals surface area contributed by atoms with Crippen LogP contribution in [-0.2, 0) is 4.79 Å². The zero-order valence-electron chi connectivity index (χ0n) is 18.2. The molecule has 0 spiro atoms. The molecule has 11 heteroatoms. The van der Waals surface area contributed by atoms with Crippen LogP contribution in [0.4, 0.5) is 10.5 Å². The maximum absolute atomic E-state index is 13.1. The highest BCUT2D eigenvalue weighted by Crippen LogP contribution is 2.28. The molecular formula is C23H24N8O3. The smallest absolute Gasteiger partial charge is 0.325 e. The first-order valence-corrected chi connectivity index (χ1v) is 10.8. The average Bonchev–Trinajstić information content (AvgIpc) is 3.41. The van der Waals surface area contributed by atoms with Crippen molar-refractivity contribution in [2.24, 2.45) is 11.5 Å². The number of fused-ring (bicyclic) bond motifs is 1. The number of anilines is 1. The Morgan fingerprint density at radius 1 is 1.15 bits per heavy atom. The quantitative estimate of drug-likeness (QED) is 0.343. The Balaban J connectivity index is 1.27. The van der Waals surface area contributed by atoms with Crippen molar-refractivity contribution in [3.63, 3.8) is 0 Å². The molecule has 0 bridgehead atoms. The van der Waals surface area contributed by atoms with Crippen LogP contribution in [0.15, 0.2) is 64.5 Å². The van der Waals surface area contributed by atoms with E-state index in [1.807, 2.05) is 41.3 Å². The van der Waals surface area contributed by atoms with Gasteiger partial charge in [-0.2, -0.15) is 0 Å². The van der Waals surface area contributed by atoms with Crippen molar-refractivity contribution in [3.05, 3.63) is 60.0 Å². The van der Waals surface area contributed by atoms with Gasteiger partial charge in [0.2, 0.25) is 11.8 Å². The van der Waals surface area contributed by atoms with Crippen LogP contribution < -0.4 is 27.4 Å². The number of amidine groups is 1. The lowest BCUT2D eigenvalue weighted by molar-refractivity contribution is -0.122. The Morgan fingerprint density at radius 3 is 2.62 bits per heavy atom. The van der Waals surface area contributed by atoms with Crippen molar-refractivity contribution in [2.45, 2.75) is 18.4 Å². The molecule has 11 nitrogen and oxygen atoms in total. The predicted octanol–water partition coefficient (Wildman–Crippen LogP) is 1.64. The molecule has 2 fully saturated rings. The standard InChI is InChI=1S/C23H24N8O3/c24-18-17(29-22(33)30-18)19(25)31-10-8-23(26,9-11-31)21(32)27-14-5-3-4-13(12-14)20-28-15-6-1-2-7-16(15)34-20/h1-7,12H,8-11,25-26H2,(H,27,32)(H3,24,29,30,33)/b19-17-. The van der Waals surface area contributed by atoms with Crippen molar-refractivity contribution >= 4 is 34.6 Å². The van der Waals surface area contributed by atoms with Crippen molar-refractivity contribution in [1.82, 2.24) is 20.5 Å². The normalized spacial score (nSPS) is 19.0. The van der Waals surface area contributed by atoms with E-state index in [0.29, 0.717) is 43.1 Å². The number of hydrogen-bond donors (Lipinski definition) is 6. The van der Waals surface area contributed by atoms with Crippen LogP contribution in [0.3, 0.4) is 0 Å². The second-order valence-electron chi connectivity index (χ2n) is 8.38. The molecule has 2 aliphatic heterocycles. The zero-order valence-corrected chi connectivity index (χ0v) is 18.2. The van der Waals surface area contributed by atoms with E-state index in [-0.39, 0.29) is 23.3 Å². The first-order chi connectivity index (χ1) is 16.3. The van der Waals surface area contributed by atoms with Gasteiger partial charge in [0.1, 0.15) is 17.0 Å². The molecule has 0 saturated carbocycles. The Kier molecular flexibility index (Phi) is 5.17. The molecule has 0 radical (unpaired) electrons. The van der Waals surface area contributed by atoms with E-state index in [1.54, 1.807) is 12.1 Å². The van der Waals surface area contributed by atoms with E-state index in [2.05, 4.69) is 20.9 Å². The third-order valence-corrected chi connectivity index (χ3v) is 6.09. The number of nitrogens with two attached hydrogens (primary N) is 2. The fourth-order valence-corrected chi connectivity index (χ4v) is 4.09. The molecule has 0 unspecified atom stereocenters. The topological polar surface area (TPSA) is 175 Å². The van der Waals surface area contributed by atoms with Crippen LogP contribution in [0.5, 0.6) is 0 Å². The van der Waals surface area contributed by atoms with Crippen LogP contribution in [-0.4, -0.2) is 46.3 Å². The number of piperidine rings is 1. The Labute approximate surface area is 194 Å². The third-order valence-electron chi connectivity index (χ3n) is 6.09. The van der Waals surface area contributed by atoms with Crippen LogP contribution in [0.1, 0.15) is 12.8 Å². The van der Waals surface area contributed by atoms with Gasteiger partial charge >= 0.3 is 6.03 Å². The molecule has 2 aromatic carbocycles. The fraction of sp³-hybridized carbons (Fsp3) is 0.217.